The Morgan fingerprint density at radius 3 is 1.79 bits per heavy atom. The van der Waals surface area contributed by atoms with Gasteiger partial charge in [-0.1, -0.05) is 104 Å². The molecule has 0 aromatic heterocycles. The van der Waals surface area contributed by atoms with Crippen LogP contribution in [-0.2, 0) is 4.43 Å². The van der Waals surface area contributed by atoms with E-state index >= 15 is 0 Å². The maximum atomic E-state index is 9.49. The van der Waals surface area contributed by atoms with Crippen LogP contribution in [-0.4, -0.2) is 32.2 Å². The van der Waals surface area contributed by atoms with E-state index < -0.39 is 8.32 Å². The summed E-state index contributed by atoms with van der Waals surface area (Å²) in [7, 11) is -1.89. The SMILES string of the molecule is CCCCCCCCCCCCCC=C[C@@H](O[Si](C)(C)C(C)(C)C)[C@@H](N)CO. The van der Waals surface area contributed by atoms with E-state index in [9.17, 15) is 5.11 Å². The van der Waals surface area contributed by atoms with Gasteiger partial charge in [-0.25, -0.2) is 0 Å². The molecule has 0 aliphatic rings. The monoisotopic (exact) mass is 413 g/mol. The summed E-state index contributed by atoms with van der Waals surface area (Å²) < 4.78 is 6.43. The lowest BCUT2D eigenvalue weighted by atomic mass is 10.0. The van der Waals surface area contributed by atoms with Crippen molar-refractivity contribution in [2.24, 2.45) is 5.73 Å². The lowest BCUT2D eigenvalue weighted by Gasteiger charge is -2.39. The molecule has 0 aromatic rings. The summed E-state index contributed by atoms with van der Waals surface area (Å²) in [6.07, 6.45) is 20.3. The van der Waals surface area contributed by atoms with Gasteiger partial charge >= 0.3 is 0 Å². The summed E-state index contributed by atoms with van der Waals surface area (Å²) in [4.78, 5) is 0. The lowest BCUT2D eigenvalue weighted by Crippen LogP contribution is -2.49. The van der Waals surface area contributed by atoms with E-state index in [0.29, 0.717) is 0 Å². The second-order valence-corrected chi connectivity index (χ2v) is 14.7. The first-order valence-electron chi connectivity index (χ1n) is 11.9. The van der Waals surface area contributed by atoms with E-state index in [2.05, 4.69) is 52.9 Å². The topological polar surface area (TPSA) is 55.5 Å². The van der Waals surface area contributed by atoms with E-state index in [-0.39, 0.29) is 23.8 Å². The highest BCUT2D eigenvalue weighted by Crippen LogP contribution is 2.37. The third-order valence-corrected chi connectivity index (χ3v) is 10.6. The molecule has 0 spiro atoms. The Kier molecular flexibility index (Phi) is 15.6. The minimum atomic E-state index is -1.89. The summed E-state index contributed by atoms with van der Waals surface area (Å²) in [6, 6.07) is -0.345. The predicted molar refractivity (Wildman–Crippen MR) is 127 cm³/mol. The molecule has 0 fully saturated rings. The Labute approximate surface area is 177 Å². The number of nitrogens with two attached hydrogens (primary N) is 1. The van der Waals surface area contributed by atoms with Gasteiger partial charge in [0.25, 0.3) is 0 Å². The molecule has 28 heavy (non-hydrogen) atoms. The average Bonchev–Trinajstić information content (AvgIpc) is 2.62. The van der Waals surface area contributed by atoms with Crippen LogP contribution in [0.25, 0.3) is 0 Å². The molecule has 0 amide bonds. The van der Waals surface area contributed by atoms with Crippen LogP contribution in [0.3, 0.4) is 0 Å². The summed E-state index contributed by atoms with van der Waals surface area (Å²) in [6.45, 7) is 13.4. The van der Waals surface area contributed by atoms with Crippen LogP contribution in [0.4, 0.5) is 0 Å². The second-order valence-electron chi connectivity index (χ2n) is 9.94. The predicted octanol–water partition coefficient (Wildman–Crippen LogP) is 6.95. The molecule has 3 nitrogen and oxygen atoms in total. The van der Waals surface area contributed by atoms with Gasteiger partial charge in [-0.3, -0.25) is 0 Å². The van der Waals surface area contributed by atoms with Crippen molar-refractivity contribution in [2.75, 3.05) is 6.61 Å². The third kappa shape index (κ3) is 13.1. The van der Waals surface area contributed by atoms with Crippen LogP contribution in [0, 0.1) is 0 Å². The molecule has 0 heterocycles. The Bertz CT molecular complexity index is 391. The number of aliphatic hydroxyl groups excluding tert-OH is 1. The Morgan fingerprint density at radius 1 is 0.893 bits per heavy atom. The van der Waals surface area contributed by atoms with Gasteiger partial charge in [-0.05, 0) is 31.0 Å². The summed E-state index contributed by atoms with van der Waals surface area (Å²) in [5.74, 6) is 0. The number of hydrogen-bond acceptors (Lipinski definition) is 3. The molecule has 0 aliphatic heterocycles. The number of allylic oxidation sites excluding steroid dienone is 1. The van der Waals surface area contributed by atoms with Gasteiger partial charge in [-0.2, -0.15) is 0 Å². The second kappa shape index (κ2) is 15.6. The zero-order valence-electron chi connectivity index (χ0n) is 19.9. The van der Waals surface area contributed by atoms with E-state index in [4.69, 9.17) is 10.2 Å². The first-order valence-corrected chi connectivity index (χ1v) is 14.8. The molecule has 168 valence electrons. The van der Waals surface area contributed by atoms with Crippen LogP contribution in [0.1, 0.15) is 105 Å². The number of aliphatic hydroxyl groups is 1. The van der Waals surface area contributed by atoms with Crippen molar-refractivity contribution in [3.8, 4) is 0 Å². The van der Waals surface area contributed by atoms with Gasteiger partial charge in [0.1, 0.15) is 0 Å². The molecular formula is C24H51NO2Si. The van der Waals surface area contributed by atoms with Crippen molar-refractivity contribution >= 4 is 8.32 Å². The maximum absolute atomic E-state index is 9.49. The summed E-state index contributed by atoms with van der Waals surface area (Å²) in [5.41, 5.74) is 6.11. The van der Waals surface area contributed by atoms with Crippen LogP contribution in [0.2, 0.25) is 18.1 Å². The minimum absolute atomic E-state index is 0.0396. The van der Waals surface area contributed by atoms with E-state index in [1.807, 2.05) is 0 Å². The molecule has 0 aromatic carbocycles. The number of rotatable bonds is 17. The lowest BCUT2D eigenvalue weighted by molar-refractivity contribution is 0.149. The minimum Gasteiger partial charge on any atom is -0.409 e. The fourth-order valence-corrected chi connectivity index (χ4v) is 4.33. The Hall–Kier alpha value is -0.163. The zero-order chi connectivity index (χ0) is 21.5. The van der Waals surface area contributed by atoms with Gasteiger partial charge in [0.15, 0.2) is 8.32 Å². The molecule has 0 saturated heterocycles. The highest BCUT2D eigenvalue weighted by Gasteiger charge is 2.39. The largest absolute Gasteiger partial charge is 0.409 e. The molecule has 0 aliphatic carbocycles. The highest BCUT2D eigenvalue weighted by atomic mass is 28.4. The van der Waals surface area contributed by atoms with E-state index in [0.717, 1.165) is 6.42 Å². The quantitative estimate of drug-likeness (QED) is 0.154. The van der Waals surface area contributed by atoms with Crippen molar-refractivity contribution in [1.82, 2.24) is 0 Å². The van der Waals surface area contributed by atoms with Gasteiger partial charge < -0.3 is 15.3 Å². The summed E-state index contributed by atoms with van der Waals surface area (Å²) >= 11 is 0. The molecule has 0 bridgehead atoms. The van der Waals surface area contributed by atoms with Gasteiger partial charge in [0, 0.05) is 0 Å². The molecule has 0 radical (unpaired) electrons. The van der Waals surface area contributed by atoms with Crippen LogP contribution >= 0.6 is 0 Å². The maximum Gasteiger partial charge on any atom is 0.192 e. The standard InChI is InChI=1S/C24H51NO2Si/c1-7-8-9-10-11-12-13-14-15-16-17-18-19-20-23(22(25)21-26)27-28(5,6)24(2,3)4/h19-20,22-23,26H,7-18,21,25H2,1-6H3/t22-,23+/m0/s1. The molecule has 0 rings (SSSR count). The number of hydrogen-bond donors (Lipinski definition) is 2. The molecule has 4 heteroatoms. The highest BCUT2D eigenvalue weighted by molar-refractivity contribution is 6.74. The smallest absolute Gasteiger partial charge is 0.192 e. The van der Waals surface area contributed by atoms with Crippen molar-refractivity contribution in [3.63, 3.8) is 0 Å². The Balaban J connectivity index is 3.99. The normalized spacial score (nSPS) is 15.3. The molecular weight excluding hydrogens is 362 g/mol. The van der Waals surface area contributed by atoms with Crippen molar-refractivity contribution < 1.29 is 9.53 Å². The fraction of sp³-hybridized carbons (Fsp3) is 0.917. The van der Waals surface area contributed by atoms with Crippen molar-refractivity contribution in [3.05, 3.63) is 12.2 Å². The molecule has 2 atom stereocenters. The first kappa shape index (κ1) is 27.8. The number of unbranched alkanes of at least 4 members (excludes halogenated alkanes) is 11. The van der Waals surface area contributed by atoms with E-state index in [1.54, 1.807) is 0 Å². The molecule has 3 N–H and O–H groups in total. The summed E-state index contributed by atoms with van der Waals surface area (Å²) in [5, 5.41) is 9.63. The van der Waals surface area contributed by atoms with Crippen LogP contribution in [0.15, 0.2) is 12.2 Å². The first-order chi connectivity index (χ1) is 13.2. The zero-order valence-corrected chi connectivity index (χ0v) is 20.9. The average molecular weight is 414 g/mol. The molecule has 0 saturated carbocycles. The van der Waals surface area contributed by atoms with Crippen LogP contribution < -0.4 is 5.73 Å². The van der Waals surface area contributed by atoms with Gasteiger partial charge in [-0.15, -0.1) is 0 Å². The fourth-order valence-electron chi connectivity index (χ4n) is 3.05. The van der Waals surface area contributed by atoms with Gasteiger partial charge in [0.2, 0.25) is 0 Å². The van der Waals surface area contributed by atoms with Crippen LogP contribution in [0.5, 0.6) is 0 Å². The van der Waals surface area contributed by atoms with Crippen molar-refractivity contribution in [2.45, 2.75) is 135 Å². The van der Waals surface area contributed by atoms with Crippen molar-refractivity contribution in [1.29, 1.82) is 0 Å². The van der Waals surface area contributed by atoms with Gasteiger partial charge in [0.05, 0.1) is 18.8 Å². The molecule has 0 unspecified atom stereocenters. The van der Waals surface area contributed by atoms with E-state index in [1.165, 1.54) is 70.6 Å². The Morgan fingerprint density at radius 2 is 1.36 bits per heavy atom. The third-order valence-electron chi connectivity index (χ3n) is 6.17.